The summed E-state index contributed by atoms with van der Waals surface area (Å²) in [6.45, 7) is 0. The molecule has 0 radical (unpaired) electrons. The van der Waals surface area contributed by atoms with Gasteiger partial charge in [-0.05, 0) is 52.8 Å². The molecular weight excluding hydrogens is 502 g/mol. The van der Waals surface area contributed by atoms with Crippen LogP contribution < -0.4 is 5.32 Å². The number of carbonyl (C=O) groups excluding carboxylic acids is 3. The normalized spacial score (nSPS) is 23.4. The Morgan fingerprint density at radius 3 is 1.79 bits per heavy atom. The van der Waals surface area contributed by atoms with E-state index in [9.17, 15) is 24.5 Å². The third kappa shape index (κ3) is 3.64. The third-order valence-electron chi connectivity index (χ3n) is 8.04. The first-order chi connectivity index (χ1) is 18.4. The second kappa shape index (κ2) is 9.40. The smallest absolute Gasteiger partial charge is 0.269 e. The molecule has 3 atom stereocenters. The number of carbonyl (C=O) groups is 3. The summed E-state index contributed by atoms with van der Waals surface area (Å²) in [6.07, 6.45) is 2.22. The van der Waals surface area contributed by atoms with Crippen LogP contribution in [0.2, 0.25) is 0 Å². The second-order valence-corrected chi connectivity index (χ2v) is 10.9. The lowest BCUT2D eigenvalue weighted by molar-refractivity contribution is -0.384. The van der Waals surface area contributed by atoms with Gasteiger partial charge in [-0.3, -0.25) is 29.4 Å². The van der Waals surface area contributed by atoms with Crippen molar-refractivity contribution in [3.63, 3.8) is 0 Å². The average molecular weight is 528 g/mol. The summed E-state index contributed by atoms with van der Waals surface area (Å²) in [6, 6.07) is 20.6. The highest BCUT2D eigenvalue weighted by atomic mass is 32.2. The molecule has 1 aliphatic heterocycles. The number of anilines is 1. The van der Waals surface area contributed by atoms with Gasteiger partial charge in [-0.2, -0.15) is 11.8 Å². The van der Waals surface area contributed by atoms with Crippen molar-refractivity contribution in [1.29, 1.82) is 0 Å². The SMILES string of the molecule is CSCC[C@H](C(=O)Nc1ccc([N+](=O)[O-])cc1)N1C(=O)[C@@H]2C3c4ccccc4C(c4ccccc43)[C@H]2C1=O. The van der Waals surface area contributed by atoms with Crippen LogP contribution in [0.1, 0.15) is 40.5 Å². The van der Waals surface area contributed by atoms with Gasteiger partial charge < -0.3 is 5.32 Å². The van der Waals surface area contributed by atoms with Gasteiger partial charge in [-0.15, -0.1) is 0 Å². The number of thioether (sulfide) groups is 1. The van der Waals surface area contributed by atoms with E-state index in [1.54, 1.807) is 0 Å². The maximum absolute atomic E-state index is 14.1. The van der Waals surface area contributed by atoms with Crippen molar-refractivity contribution in [3.05, 3.63) is 105 Å². The first-order valence-electron chi connectivity index (χ1n) is 12.5. The first kappa shape index (κ1) is 24.4. The number of benzene rings is 3. The number of nitrogens with zero attached hydrogens (tertiary/aromatic N) is 2. The lowest BCUT2D eigenvalue weighted by atomic mass is 9.55. The van der Waals surface area contributed by atoms with E-state index < -0.39 is 28.7 Å². The fraction of sp³-hybridized carbons (Fsp3) is 0.276. The van der Waals surface area contributed by atoms with Crippen LogP contribution in [0, 0.1) is 22.0 Å². The Bertz CT molecular complexity index is 1360. The van der Waals surface area contributed by atoms with Crippen molar-refractivity contribution < 1.29 is 19.3 Å². The molecule has 38 heavy (non-hydrogen) atoms. The van der Waals surface area contributed by atoms with E-state index in [4.69, 9.17) is 0 Å². The maximum atomic E-state index is 14.1. The Balaban J connectivity index is 1.36. The number of nitro benzene ring substituents is 1. The zero-order valence-electron chi connectivity index (χ0n) is 20.6. The minimum atomic E-state index is -0.978. The topological polar surface area (TPSA) is 110 Å². The molecule has 2 bridgehead atoms. The van der Waals surface area contributed by atoms with Crippen LogP contribution in [-0.4, -0.2) is 45.6 Å². The predicted octanol–water partition coefficient (Wildman–Crippen LogP) is 4.55. The van der Waals surface area contributed by atoms with E-state index in [-0.39, 0.29) is 29.3 Å². The van der Waals surface area contributed by atoms with Crippen LogP contribution >= 0.6 is 11.8 Å². The largest absolute Gasteiger partial charge is 0.324 e. The Morgan fingerprint density at radius 1 is 0.895 bits per heavy atom. The van der Waals surface area contributed by atoms with Gasteiger partial charge in [-0.1, -0.05) is 48.5 Å². The molecule has 192 valence electrons. The summed E-state index contributed by atoms with van der Waals surface area (Å²) in [4.78, 5) is 53.4. The van der Waals surface area contributed by atoms with Crippen molar-refractivity contribution in [2.45, 2.75) is 24.3 Å². The molecule has 1 N–H and O–H groups in total. The molecule has 3 aromatic carbocycles. The van der Waals surface area contributed by atoms with Gasteiger partial charge in [0.05, 0.1) is 16.8 Å². The Labute approximate surface area is 223 Å². The molecular formula is C29H25N3O5S. The molecule has 1 heterocycles. The molecule has 1 fully saturated rings. The maximum Gasteiger partial charge on any atom is 0.269 e. The van der Waals surface area contributed by atoms with Gasteiger partial charge in [0.1, 0.15) is 6.04 Å². The van der Waals surface area contributed by atoms with Crippen LogP contribution in [0.15, 0.2) is 72.8 Å². The van der Waals surface area contributed by atoms with Crippen molar-refractivity contribution in [2.24, 2.45) is 11.8 Å². The number of imide groups is 1. The van der Waals surface area contributed by atoms with Gasteiger partial charge in [-0.25, -0.2) is 0 Å². The highest BCUT2D eigenvalue weighted by molar-refractivity contribution is 7.98. The van der Waals surface area contributed by atoms with E-state index in [1.807, 2.05) is 54.8 Å². The van der Waals surface area contributed by atoms with E-state index in [2.05, 4.69) is 5.32 Å². The predicted molar refractivity (Wildman–Crippen MR) is 144 cm³/mol. The average Bonchev–Trinajstić information content (AvgIpc) is 3.19. The number of amides is 3. The van der Waals surface area contributed by atoms with E-state index in [1.165, 1.54) is 40.9 Å². The zero-order valence-corrected chi connectivity index (χ0v) is 21.4. The van der Waals surface area contributed by atoms with E-state index in [0.717, 1.165) is 22.3 Å². The molecule has 9 heteroatoms. The summed E-state index contributed by atoms with van der Waals surface area (Å²) >= 11 is 1.53. The molecule has 3 aromatic rings. The minimum absolute atomic E-state index is 0.0921. The molecule has 0 aromatic heterocycles. The highest BCUT2D eigenvalue weighted by Crippen LogP contribution is 2.61. The van der Waals surface area contributed by atoms with Gasteiger partial charge in [0.25, 0.3) is 5.69 Å². The Morgan fingerprint density at radius 2 is 1.37 bits per heavy atom. The van der Waals surface area contributed by atoms with Crippen LogP contribution in [0.25, 0.3) is 0 Å². The number of hydrogen-bond acceptors (Lipinski definition) is 6. The lowest BCUT2D eigenvalue weighted by Crippen LogP contribution is -2.48. The van der Waals surface area contributed by atoms with E-state index >= 15 is 0 Å². The standard InChI is InChI=1S/C29H25N3O5S/c1-38-15-14-22(27(33)30-16-10-12-17(13-11-16)32(36)37)31-28(34)25-23-18-6-2-3-7-19(18)24(26(25)29(31)35)21-9-5-4-8-20(21)23/h2-13,22-26H,14-15H2,1H3,(H,30,33)/t22-,23?,24?,25-,26-/m1/s1. The number of nitro groups is 1. The van der Waals surface area contributed by atoms with Gasteiger partial charge >= 0.3 is 0 Å². The number of likely N-dealkylation sites (tertiary alicyclic amines) is 1. The molecule has 3 aliphatic carbocycles. The molecule has 3 amide bonds. The summed E-state index contributed by atoms with van der Waals surface area (Å²) in [5.41, 5.74) is 4.59. The highest BCUT2D eigenvalue weighted by Gasteiger charge is 2.62. The molecule has 4 aliphatic rings. The summed E-state index contributed by atoms with van der Waals surface area (Å²) < 4.78 is 0. The fourth-order valence-corrected chi connectivity index (χ4v) is 6.97. The number of non-ortho nitro benzene ring substituents is 1. The molecule has 8 nitrogen and oxygen atoms in total. The van der Waals surface area contributed by atoms with Crippen LogP contribution in [0.5, 0.6) is 0 Å². The van der Waals surface area contributed by atoms with Crippen LogP contribution in [0.3, 0.4) is 0 Å². The molecule has 7 rings (SSSR count). The molecule has 0 spiro atoms. The van der Waals surface area contributed by atoms with E-state index in [0.29, 0.717) is 17.9 Å². The zero-order chi connectivity index (χ0) is 26.6. The number of hydrogen-bond donors (Lipinski definition) is 1. The quantitative estimate of drug-likeness (QED) is 0.274. The molecule has 0 unspecified atom stereocenters. The van der Waals surface area contributed by atoms with Gasteiger partial charge in [0, 0.05) is 29.7 Å². The number of rotatable bonds is 7. The molecule has 1 saturated heterocycles. The Hall–Kier alpha value is -3.98. The van der Waals surface area contributed by atoms with Crippen molar-refractivity contribution >= 4 is 40.9 Å². The lowest BCUT2D eigenvalue weighted by Gasteiger charge is -2.45. The summed E-state index contributed by atoms with van der Waals surface area (Å²) in [5, 5.41) is 13.8. The van der Waals surface area contributed by atoms with Crippen LogP contribution in [-0.2, 0) is 14.4 Å². The van der Waals surface area contributed by atoms with Gasteiger partial charge in [0.15, 0.2) is 0 Å². The molecule has 0 saturated carbocycles. The third-order valence-corrected chi connectivity index (χ3v) is 8.68. The van der Waals surface area contributed by atoms with Crippen molar-refractivity contribution in [1.82, 2.24) is 4.90 Å². The van der Waals surface area contributed by atoms with Crippen molar-refractivity contribution in [2.75, 3.05) is 17.3 Å². The Kier molecular flexibility index (Phi) is 6.03. The first-order valence-corrected chi connectivity index (χ1v) is 13.9. The summed E-state index contributed by atoms with van der Waals surface area (Å²) in [7, 11) is 0. The number of nitrogens with one attached hydrogen (secondary N) is 1. The summed E-state index contributed by atoms with van der Waals surface area (Å²) in [5.74, 6) is -2.08. The van der Waals surface area contributed by atoms with Crippen molar-refractivity contribution in [3.8, 4) is 0 Å². The van der Waals surface area contributed by atoms with Crippen LogP contribution in [0.4, 0.5) is 11.4 Å². The monoisotopic (exact) mass is 527 g/mol. The minimum Gasteiger partial charge on any atom is -0.324 e. The van der Waals surface area contributed by atoms with Gasteiger partial charge in [0.2, 0.25) is 17.7 Å². The fourth-order valence-electron chi connectivity index (χ4n) is 6.51. The second-order valence-electron chi connectivity index (χ2n) is 9.90.